The zero-order valence-corrected chi connectivity index (χ0v) is 14.4. The van der Waals surface area contributed by atoms with Crippen LogP contribution in [0.5, 0.6) is 0 Å². The van der Waals surface area contributed by atoms with E-state index in [4.69, 9.17) is 16.0 Å². The standard InChI is InChI=1S/C18H14ClFN4O2/c19-13-9-11(5-6-14(13)20)18(25)24-8-2-4-15(24)17-23-22-16(26-17)12-3-1-7-21-10-12/h1,3,5-7,9-10,15H,2,4,8H2. The minimum atomic E-state index is -0.556. The van der Waals surface area contributed by atoms with Gasteiger partial charge in [-0.05, 0) is 43.2 Å². The van der Waals surface area contributed by atoms with Crippen molar-refractivity contribution in [2.45, 2.75) is 18.9 Å². The summed E-state index contributed by atoms with van der Waals surface area (Å²) in [6.07, 6.45) is 4.83. The second-order valence-electron chi connectivity index (χ2n) is 5.97. The van der Waals surface area contributed by atoms with Gasteiger partial charge in [-0.25, -0.2) is 4.39 Å². The van der Waals surface area contributed by atoms with Crippen molar-refractivity contribution in [1.29, 1.82) is 0 Å². The van der Waals surface area contributed by atoms with Crippen LogP contribution in [0.15, 0.2) is 47.1 Å². The van der Waals surface area contributed by atoms with E-state index in [0.717, 1.165) is 12.8 Å². The number of carbonyl (C=O) groups is 1. The number of aromatic nitrogens is 3. The van der Waals surface area contributed by atoms with Gasteiger partial charge in [-0.3, -0.25) is 9.78 Å². The predicted octanol–water partition coefficient (Wildman–Crippen LogP) is 3.90. The first-order chi connectivity index (χ1) is 12.6. The number of hydrogen-bond donors (Lipinski definition) is 0. The summed E-state index contributed by atoms with van der Waals surface area (Å²) in [6, 6.07) is 7.24. The fraction of sp³-hybridized carbons (Fsp3) is 0.222. The van der Waals surface area contributed by atoms with Crippen LogP contribution in [0, 0.1) is 5.82 Å². The lowest BCUT2D eigenvalue weighted by Crippen LogP contribution is -2.30. The average molecular weight is 373 g/mol. The zero-order valence-electron chi connectivity index (χ0n) is 13.6. The Morgan fingerprint density at radius 3 is 2.96 bits per heavy atom. The topological polar surface area (TPSA) is 72.1 Å². The summed E-state index contributed by atoms with van der Waals surface area (Å²) in [7, 11) is 0. The van der Waals surface area contributed by atoms with Crippen molar-refractivity contribution in [2.24, 2.45) is 0 Å². The van der Waals surface area contributed by atoms with Gasteiger partial charge in [0.1, 0.15) is 11.9 Å². The molecule has 0 spiro atoms. The molecule has 1 aliphatic heterocycles. The minimum Gasteiger partial charge on any atom is -0.418 e. The van der Waals surface area contributed by atoms with Crippen LogP contribution < -0.4 is 0 Å². The Morgan fingerprint density at radius 1 is 1.31 bits per heavy atom. The molecule has 8 heteroatoms. The Bertz CT molecular complexity index is 947. The first-order valence-corrected chi connectivity index (χ1v) is 8.51. The number of rotatable bonds is 3. The van der Waals surface area contributed by atoms with E-state index in [1.807, 2.05) is 6.07 Å². The van der Waals surface area contributed by atoms with E-state index < -0.39 is 5.82 Å². The molecular weight excluding hydrogens is 359 g/mol. The van der Waals surface area contributed by atoms with Gasteiger partial charge in [0.15, 0.2) is 0 Å². The van der Waals surface area contributed by atoms with Gasteiger partial charge in [-0.2, -0.15) is 0 Å². The predicted molar refractivity (Wildman–Crippen MR) is 92.0 cm³/mol. The molecule has 0 aliphatic carbocycles. The highest BCUT2D eigenvalue weighted by atomic mass is 35.5. The fourth-order valence-electron chi connectivity index (χ4n) is 3.04. The summed E-state index contributed by atoms with van der Waals surface area (Å²) in [4.78, 5) is 18.5. The van der Waals surface area contributed by atoms with Gasteiger partial charge in [0.25, 0.3) is 5.91 Å². The lowest BCUT2D eigenvalue weighted by molar-refractivity contribution is 0.0716. The molecule has 0 radical (unpaired) electrons. The molecule has 0 bridgehead atoms. The summed E-state index contributed by atoms with van der Waals surface area (Å²) < 4.78 is 19.1. The SMILES string of the molecule is O=C(c1ccc(F)c(Cl)c1)N1CCCC1c1nnc(-c2cccnc2)o1. The Hall–Kier alpha value is -2.80. The Labute approximate surface area is 153 Å². The van der Waals surface area contributed by atoms with E-state index in [0.29, 0.717) is 29.5 Å². The number of carbonyl (C=O) groups excluding carboxylic acids is 1. The number of benzene rings is 1. The summed E-state index contributed by atoms with van der Waals surface area (Å²) in [5.74, 6) is -0.0603. The summed E-state index contributed by atoms with van der Waals surface area (Å²) >= 11 is 5.80. The molecule has 1 fully saturated rings. The number of hydrogen-bond acceptors (Lipinski definition) is 5. The van der Waals surface area contributed by atoms with Gasteiger partial charge < -0.3 is 9.32 Å². The number of nitrogens with zero attached hydrogens (tertiary/aromatic N) is 4. The molecule has 2 aromatic heterocycles. The third-order valence-electron chi connectivity index (χ3n) is 4.31. The van der Waals surface area contributed by atoms with Crippen LogP contribution in [0.25, 0.3) is 11.5 Å². The van der Waals surface area contributed by atoms with E-state index in [9.17, 15) is 9.18 Å². The van der Waals surface area contributed by atoms with Crippen LogP contribution >= 0.6 is 11.6 Å². The molecule has 1 amide bonds. The summed E-state index contributed by atoms with van der Waals surface area (Å²) in [5, 5.41) is 8.09. The smallest absolute Gasteiger partial charge is 0.254 e. The van der Waals surface area contributed by atoms with Crippen LogP contribution in [0.4, 0.5) is 4.39 Å². The molecule has 3 heterocycles. The van der Waals surface area contributed by atoms with Crippen LogP contribution in [-0.2, 0) is 0 Å². The summed E-state index contributed by atoms with van der Waals surface area (Å²) in [5.41, 5.74) is 1.04. The minimum absolute atomic E-state index is 0.0803. The fourth-order valence-corrected chi connectivity index (χ4v) is 3.22. The van der Waals surface area contributed by atoms with Crippen molar-refractivity contribution in [3.63, 3.8) is 0 Å². The van der Waals surface area contributed by atoms with Crippen molar-refractivity contribution < 1.29 is 13.6 Å². The van der Waals surface area contributed by atoms with Gasteiger partial charge >= 0.3 is 0 Å². The molecule has 0 N–H and O–H groups in total. The van der Waals surface area contributed by atoms with Crippen LogP contribution in [0.1, 0.15) is 35.1 Å². The number of amides is 1. The third kappa shape index (κ3) is 3.06. The van der Waals surface area contributed by atoms with E-state index in [1.165, 1.54) is 18.2 Å². The maximum absolute atomic E-state index is 13.3. The second-order valence-corrected chi connectivity index (χ2v) is 6.38. The van der Waals surface area contributed by atoms with E-state index in [-0.39, 0.29) is 17.0 Å². The second kappa shape index (κ2) is 6.84. The molecule has 4 rings (SSSR count). The molecule has 1 atom stereocenters. The Balaban J connectivity index is 1.60. The Kier molecular flexibility index (Phi) is 4.38. The highest BCUT2D eigenvalue weighted by Gasteiger charge is 2.34. The monoisotopic (exact) mass is 372 g/mol. The molecule has 132 valence electrons. The first kappa shape index (κ1) is 16.7. The van der Waals surface area contributed by atoms with Gasteiger partial charge in [-0.15, -0.1) is 10.2 Å². The highest BCUT2D eigenvalue weighted by Crippen LogP contribution is 2.34. The zero-order chi connectivity index (χ0) is 18.1. The van der Waals surface area contributed by atoms with Gasteiger partial charge in [0.05, 0.1) is 10.6 Å². The van der Waals surface area contributed by atoms with Crippen LogP contribution in [-0.4, -0.2) is 32.5 Å². The van der Waals surface area contributed by atoms with E-state index in [1.54, 1.807) is 23.4 Å². The van der Waals surface area contributed by atoms with Crippen molar-refractivity contribution >= 4 is 17.5 Å². The van der Waals surface area contributed by atoms with Crippen LogP contribution in [0.2, 0.25) is 5.02 Å². The van der Waals surface area contributed by atoms with Crippen molar-refractivity contribution in [1.82, 2.24) is 20.1 Å². The molecular formula is C18H14ClFN4O2. The largest absolute Gasteiger partial charge is 0.418 e. The molecule has 26 heavy (non-hydrogen) atoms. The van der Waals surface area contributed by atoms with Crippen LogP contribution in [0.3, 0.4) is 0 Å². The van der Waals surface area contributed by atoms with E-state index >= 15 is 0 Å². The molecule has 6 nitrogen and oxygen atoms in total. The normalized spacial score (nSPS) is 16.8. The van der Waals surface area contributed by atoms with Gasteiger partial charge in [0, 0.05) is 24.5 Å². The molecule has 1 unspecified atom stereocenters. The van der Waals surface area contributed by atoms with Crippen molar-refractivity contribution in [2.75, 3.05) is 6.54 Å². The van der Waals surface area contributed by atoms with Crippen molar-refractivity contribution in [3.8, 4) is 11.5 Å². The molecule has 1 aromatic carbocycles. The highest BCUT2D eigenvalue weighted by molar-refractivity contribution is 6.31. The first-order valence-electron chi connectivity index (χ1n) is 8.13. The van der Waals surface area contributed by atoms with Gasteiger partial charge in [0.2, 0.25) is 11.8 Å². The quantitative estimate of drug-likeness (QED) is 0.697. The molecule has 0 saturated carbocycles. The maximum atomic E-state index is 13.3. The van der Waals surface area contributed by atoms with Gasteiger partial charge in [-0.1, -0.05) is 11.6 Å². The lowest BCUT2D eigenvalue weighted by atomic mass is 10.1. The molecule has 1 aliphatic rings. The molecule has 1 saturated heterocycles. The van der Waals surface area contributed by atoms with Crippen molar-refractivity contribution in [3.05, 3.63) is 65.0 Å². The maximum Gasteiger partial charge on any atom is 0.254 e. The Morgan fingerprint density at radius 2 is 2.19 bits per heavy atom. The number of halogens is 2. The number of pyridine rings is 1. The summed E-state index contributed by atoms with van der Waals surface area (Å²) in [6.45, 7) is 0.559. The number of likely N-dealkylation sites (tertiary alicyclic amines) is 1. The average Bonchev–Trinajstić information content (AvgIpc) is 3.33. The van der Waals surface area contributed by atoms with E-state index in [2.05, 4.69) is 15.2 Å². The third-order valence-corrected chi connectivity index (χ3v) is 4.60. The molecule has 3 aromatic rings. The lowest BCUT2D eigenvalue weighted by Gasteiger charge is -2.22.